The van der Waals surface area contributed by atoms with Gasteiger partial charge in [-0.15, -0.1) is 0 Å². The van der Waals surface area contributed by atoms with Crippen molar-refractivity contribution in [2.45, 2.75) is 19.5 Å². The fourth-order valence-electron chi connectivity index (χ4n) is 2.61. The third kappa shape index (κ3) is 5.21. The molecule has 3 rings (SSSR count). The second-order valence-corrected chi connectivity index (χ2v) is 5.82. The standard InChI is InChI=1S/C20H23N5/c21-20(23-12-11-17-7-3-1-4-8-17)24-15-19-22-13-14-25(19)16-18-9-5-2-6-10-18/h1-10,13-14H,11-12,15-16H2,(H3,21,23,24). The van der Waals surface area contributed by atoms with Crippen LogP contribution in [-0.2, 0) is 19.5 Å². The van der Waals surface area contributed by atoms with Crippen molar-refractivity contribution in [3.05, 3.63) is 90.0 Å². The van der Waals surface area contributed by atoms with Gasteiger partial charge in [0.05, 0.1) is 0 Å². The van der Waals surface area contributed by atoms with E-state index < -0.39 is 0 Å². The van der Waals surface area contributed by atoms with Gasteiger partial charge in [0.25, 0.3) is 0 Å². The van der Waals surface area contributed by atoms with Crippen LogP contribution in [0.4, 0.5) is 0 Å². The number of hydrogen-bond donors (Lipinski definition) is 2. The number of rotatable bonds is 7. The van der Waals surface area contributed by atoms with Gasteiger partial charge in [-0.05, 0) is 17.5 Å². The lowest BCUT2D eigenvalue weighted by molar-refractivity contribution is 0.721. The van der Waals surface area contributed by atoms with E-state index in [-0.39, 0.29) is 0 Å². The highest BCUT2D eigenvalue weighted by atomic mass is 15.1. The summed E-state index contributed by atoms with van der Waals surface area (Å²) < 4.78 is 2.09. The quantitative estimate of drug-likeness (QED) is 0.516. The summed E-state index contributed by atoms with van der Waals surface area (Å²) >= 11 is 0. The highest BCUT2D eigenvalue weighted by molar-refractivity contribution is 5.77. The summed E-state index contributed by atoms with van der Waals surface area (Å²) in [5.41, 5.74) is 8.47. The summed E-state index contributed by atoms with van der Waals surface area (Å²) in [6.07, 6.45) is 4.68. The minimum atomic E-state index is 0.449. The predicted molar refractivity (Wildman–Crippen MR) is 101 cm³/mol. The molecule has 0 aliphatic heterocycles. The highest BCUT2D eigenvalue weighted by Gasteiger charge is 2.03. The normalized spacial score (nSPS) is 11.4. The van der Waals surface area contributed by atoms with Crippen molar-refractivity contribution >= 4 is 5.96 Å². The average molecular weight is 333 g/mol. The monoisotopic (exact) mass is 333 g/mol. The first-order chi connectivity index (χ1) is 12.3. The van der Waals surface area contributed by atoms with Crippen LogP contribution in [0.15, 0.2) is 78.0 Å². The minimum Gasteiger partial charge on any atom is -0.370 e. The Morgan fingerprint density at radius 1 is 1.00 bits per heavy atom. The van der Waals surface area contributed by atoms with Gasteiger partial charge in [-0.1, -0.05) is 60.7 Å². The number of nitrogens with zero attached hydrogens (tertiary/aromatic N) is 3. The lowest BCUT2D eigenvalue weighted by Crippen LogP contribution is -2.33. The maximum Gasteiger partial charge on any atom is 0.189 e. The zero-order valence-corrected chi connectivity index (χ0v) is 14.2. The molecule has 0 saturated carbocycles. The zero-order valence-electron chi connectivity index (χ0n) is 14.2. The molecule has 0 amide bonds. The van der Waals surface area contributed by atoms with E-state index >= 15 is 0 Å². The first-order valence-corrected chi connectivity index (χ1v) is 8.43. The van der Waals surface area contributed by atoms with Gasteiger partial charge in [-0.25, -0.2) is 9.98 Å². The van der Waals surface area contributed by atoms with Crippen molar-refractivity contribution in [1.82, 2.24) is 14.9 Å². The second kappa shape index (κ2) is 8.68. The van der Waals surface area contributed by atoms with Crippen LogP contribution in [0, 0.1) is 0 Å². The number of hydrogen-bond acceptors (Lipinski definition) is 2. The van der Waals surface area contributed by atoms with Crippen molar-refractivity contribution in [2.24, 2.45) is 10.7 Å². The first-order valence-electron chi connectivity index (χ1n) is 8.43. The molecule has 5 heteroatoms. The Morgan fingerprint density at radius 2 is 1.68 bits per heavy atom. The molecule has 128 valence electrons. The molecular weight excluding hydrogens is 310 g/mol. The largest absolute Gasteiger partial charge is 0.370 e. The molecular formula is C20H23N5. The molecule has 2 aromatic carbocycles. The van der Waals surface area contributed by atoms with Gasteiger partial charge in [0.1, 0.15) is 12.4 Å². The third-order valence-corrected chi connectivity index (χ3v) is 3.95. The summed E-state index contributed by atoms with van der Waals surface area (Å²) in [6.45, 7) is 2.01. The van der Waals surface area contributed by atoms with Gasteiger partial charge in [-0.3, -0.25) is 0 Å². The van der Waals surface area contributed by atoms with Crippen molar-refractivity contribution in [1.29, 1.82) is 0 Å². The van der Waals surface area contributed by atoms with Crippen LogP contribution in [0.2, 0.25) is 0 Å². The lowest BCUT2D eigenvalue weighted by Gasteiger charge is -2.08. The Hall–Kier alpha value is -3.08. The van der Waals surface area contributed by atoms with Gasteiger partial charge in [0.15, 0.2) is 5.96 Å². The van der Waals surface area contributed by atoms with E-state index in [2.05, 4.69) is 44.1 Å². The number of aliphatic imine (C=N–C) groups is 1. The van der Waals surface area contributed by atoms with E-state index in [1.807, 2.05) is 42.6 Å². The molecule has 0 radical (unpaired) electrons. The molecule has 25 heavy (non-hydrogen) atoms. The molecule has 3 N–H and O–H groups in total. The minimum absolute atomic E-state index is 0.449. The summed E-state index contributed by atoms with van der Waals surface area (Å²) in [7, 11) is 0. The third-order valence-electron chi connectivity index (χ3n) is 3.95. The number of nitrogens with one attached hydrogen (secondary N) is 1. The zero-order chi connectivity index (χ0) is 17.3. The van der Waals surface area contributed by atoms with Crippen molar-refractivity contribution in [2.75, 3.05) is 6.54 Å². The van der Waals surface area contributed by atoms with E-state index in [0.717, 1.165) is 25.3 Å². The molecule has 0 aliphatic carbocycles. The Kier molecular flexibility index (Phi) is 5.82. The highest BCUT2D eigenvalue weighted by Crippen LogP contribution is 2.06. The summed E-state index contributed by atoms with van der Waals surface area (Å²) in [4.78, 5) is 8.78. The average Bonchev–Trinajstić information content (AvgIpc) is 3.09. The summed E-state index contributed by atoms with van der Waals surface area (Å²) in [5, 5.41) is 3.15. The lowest BCUT2D eigenvalue weighted by atomic mass is 10.1. The fourth-order valence-corrected chi connectivity index (χ4v) is 2.61. The molecule has 0 saturated heterocycles. The van der Waals surface area contributed by atoms with Crippen LogP contribution in [-0.4, -0.2) is 22.1 Å². The molecule has 0 atom stereocenters. The molecule has 0 aliphatic rings. The fraction of sp³-hybridized carbons (Fsp3) is 0.200. The number of imidazole rings is 1. The van der Waals surface area contributed by atoms with Crippen LogP contribution in [0.3, 0.4) is 0 Å². The number of guanidine groups is 1. The van der Waals surface area contributed by atoms with Gasteiger partial charge < -0.3 is 15.6 Å². The Labute approximate surface area is 148 Å². The molecule has 5 nitrogen and oxygen atoms in total. The molecule has 0 unspecified atom stereocenters. The van der Waals surface area contributed by atoms with Crippen molar-refractivity contribution in [3.63, 3.8) is 0 Å². The Morgan fingerprint density at radius 3 is 2.40 bits per heavy atom. The summed E-state index contributed by atoms with van der Waals surface area (Å²) in [5.74, 6) is 1.35. The topological polar surface area (TPSA) is 68.2 Å². The predicted octanol–water partition coefficient (Wildman–Crippen LogP) is 2.58. The van der Waals surface area contributed by atoms with Crippen molar-refractivity contribution in [3.8, 4) is 0 Å². The van der Waals surface area contributed by atoms with E-state index in [0.29, 0.717) is 12.5 Å². The molecule has 1 heterocycles. The van der Waals surface area contributed by atoms with Crippen LogP contribution < -0.4 is 11.1 Å². The van der Waals surface area contributed by atoms with E-state index in [9.17, 15) is 0 Å². The van der Waals surface area contributed by atoms with Gasteiger partial charge in [0, 0.05) is 25.5 Å². The van der Waals surface area contributed by atoms with Crippen LogP contribution in [0.25, 0.3) is 0 Å². The number of nitrogens with two attached hydrogens (primary N) is 1. The maximum absolute atomic E-state index is 5.96. The van der Waals surface area contributed by atoms with Crippen LogP contribution >= 0.6 is 0 Å². The molecule has 1 aromatic heterocycles. The molecule has 3 aromatic rings. The second-order valence-electron chi connectivity index (χ2n) is 5.82. The number of aromatic nitrogens is 2. The van der Waals surface area contributed by atoms with Crippen molar-refractivity contribution < 1.29 is 0 Å². The SMILES string of the molecule is NC(=NCc1nccn1Cc1ccccc1)NCCc1ccccc1. The van der Waals surface area contributed by atoms with E-state index in [4.69, 9.17) is 5.73 Å². The van der Waals surface area contributed by atoms with Gasteiger partial charge in [0.2, 0.25) is 0 Å². The van der Waals surface area contributed by atoms with E-state index in [1.54, 1.807) is 6.20 Å². The van der Waals surface area contributed by atoms with Gasteiger partial charge in [-0.2, -0.15) is 0 Å². The maximum atomic E-state index is 5.96. The van der Waals surface area contributed by atoms with Gasteiger partial charge >= 0.3 is 0 Å². The molecule has 0 fully saturated rings. The molecule has 0 bridgehead atoms. The Bertz CT molecular complexity index is 793. The van der Waals surface area contributed by atoms with Crippen LogP contribution in [0.1, 0.15) is 17.0 Å². The smallest absolute Gasteiger partial charge is 0.189 e. The first kappa shape index (κ1) is 16.8. The summed E-state index contributed by atoms with van der Waals surface area (Å²) in [6, 6.07) is 20.6. The molecule has 0 spiro atoms. The van der Waals surface area contributed by atoms with E-state index in [1.165, 1.54) is 11.1 Å². The Balaban J connectivity index is 1.50. The number of benzene rings is 2. The van der Waals surface area contributed by atoms with Crippen LogP contribution in [0.5, 0.6) is 0 Å².